The van der Waals surface area contributed by atoms with E-state index < -0.39 is 5.97 Å². The first-order valence-corrected chi connectivity index (χ1v) is 9.95. The summed E-state index contributed by atoms with van der Waals surface area (Å²) in [6.45, 7) is 5.83. The van der Waals surface area contributed by atoms with Crippen LogP contribution in [0.5, 0.6) is 0 Å². The number of nitrogens with zero attached hydrogens (tertiary/aromatic N) is 1. The van der Waals surface area contributed by atoms with Crippen molar-refractivity contribution in [1.82, 2.24) is 4.90 Å². The molecule has 152 valence electrons. The van der Waals surface area contributed by atoms with Crippen LogP contribution >= 0.6 is 0 Å². The van der Waals surface area contributed by atoms with Crippen molar-refractivity contribution < 1.29 is 19.1 Å². The fourth-order valence-electron chi connectivity index (χ4n) is 3.27. The first-order chi connectivity index (χ1) is 14.0. The quantitative estimate of drug-likeness (QED) is 0.778. The summed E-state index contributed by atoms with van der Waals surface area (Å²) < 4.78 is 4.94. The molecule has 2 aromatic carbocycles. The number of hydrogen-bond acceptors (Lipinski definition) is 4. The maximum Gasteiger partial charge on any atom is 0.338 e. The van der Waals surface area contributed by atoms with Crippen molar-refractivity contribution in [1.29, 1.82) is 0 Å². The van der Waals surface area contributed by atoms with E-state index in [0.29, 0.717) is 34.9 Å². The molecule has 29 heavy (non-hydrogen) atoms. The summed E-state index contributed by atoms with van der Waals surface area (Å²) in [5.41, 5.74) is 2.06. The summed E-state index contributed by atoms with van der Waals surface area (Å²) in [7, 11) is 0. The third kappa shape index (κ3) is 5.22. The summed E-state index contributed by atoms with van der Waals surface area (Å²) in [4.78, 5) is 38.6. The van der Waals surface area contributed by atoms with Crippen LogP contribution in [0, 0.1) is 5.92 Å². The van der Waals surface area contributed by atoms with Crippen molar-refractivity contribution in [3.63, 3.8) is 0 Å². The van der Waals surface area contributed by atoms with Crippen molar-refractivity contribution >= 4 is 23.5 Å². The van der Waals surface area contributed by atoms with Gasteiger partial charge in [-0.05, 0) is 74.2 Å². The maximum absolute atomic E-state index is 12.6. The normalized spacial score (nSPS) is 14.3. The number of ether oxygens (including phenoxy) is 1. The van der Waals surface area contributed by atoms with Gasteiger partial charge in [-0.2, -0.15) is 0 Å². The summed E-state index contributed by atoms with van der Waals surface area (Å²) in [6, 6.07) is 13.2. The molecule has 1 saturated heterocycles. The van der Waals surface area contributed by atoms with Gasteiger partial charge in [0.2, 0.25) is 0 Å². The average molecular weight is 394 g/mol. The van der Waals surface area contributed by atoms with Gasteiger partial charge >= 0.3 is 5.97 Å². The standard InChI is InChI=1S/C23H26N2O4/c1-3-29-23(28)19-8-10-20(11-9-19)24-21(26)17-4-6-18(7-5-17)22(27)25-14-12-16(2)13-15-25/h4-11,16H,3,12-15H2,1-2H3,(H,24,26). The SMILES string of the molecule is CCOC(=O)c1ccc(NC(=O)c2ccc(C(=O)N3CCC(C)CC3)cc2)cc1. The predicted octanol–water partition coefficient (Wildman–Crippen LogP) is 3.99. The third-order valence-electron chi connectivity index (χ3n) is 5.12. The van der Waals surface area contributed by atoms with Crippen molar-refractivity contribution in [2.45, 2.75) is 26.7 Å². The molecule has 0 aliphatic carbocycles. The second-order valence-corrected chi connectivity index (χ2v) is 7.30. The highest BCUT2D eigenvalue weighted by molar-refractivity contribution is 6.05. The van der Waals surface area contributed by atoms with Crippen LogP contribution in [-0.2, 0) is 4.74 Å². The minimum absolute atomic E-state index is 0.0124. The second-order valence-electron chi connectivity index (χ2n) is 7.30. The minimum atomic E-state index is -0.395. The van der Waals surface area contributed by atoms with Gasteiger partial charge in [-0.3, -0.25) is 9.59 Å². The van der Waals surface area contributed by atoms with E-state index in [0.717, 1.165) is 25.9 Å². The second kappa shape index (κ2) is 9.37. The van der Waals surface area contributed by atoms with Crippen molar-refractivity contribution in [2.24, 2.45) is 5.92 Å². The van der Waals surface area contributed by atoms with Crippen LogP contribution in [0.1, 0.15) is 57.8 Å². The molecular formula is C23H26N2O4. The lowest BCUT2D eigenvalue weighted by molar-refractivity contribution is 0.0526. The highest BCUT2D eigenvalue weighted by Gasteiger charge is 2.21. The Balaban J connectivity index is 1.60. The van der Waals surface area contributed by atoms with Crippen LogP contribution in [-0.4, -0.2) is 42.4 Å². The predicted molar refractivity (Wildman–Crippen MR) is 111 cm³/mol. The number of carbonyl (C=O) groups excluding carboxylic acids is 3. The molecule has 1 aliphatic rings. The van der Waals surface area contributed by atoms with E-state index >= 15 is 0 Å². The summed E-state index contributed by atoms with van der Waals surface area (Å²) in [5.74, 6) is 0.00312. The molecule has 6 heteroatoms. The highest BCUT2D eigenvalue weighted by atomic mass is 16.5. The number of amides is 2. The van der Waals surface area contributed by atoms with Gasteiger partial charge in [-0.1, -0.05) is 6.92 Å². The van der Waals surface area contributed by atoms with Crippen molar-refractivity contribution in [3.8, 4) is 0 Å². The monoisotopic (exact) mass is 394 g/mol. The lowest BCUT2D eigenvalue weighted by atomic mass is 9.98. The number of piperidine rings is 1. The van der Waals surface area contributed by atoms with Gasteiger partial charge in [0.25, 0.3) is 11.8 Å². The van der Waals surface area contributed by atoms with E-state index in [1.807, 2.05) is 4.90 Å². The summed E-state index contributed by atoms with van der Waals surface area (Å²) >= 11 is 0. The molecule has 0 spiro atoms. The molecule has 2 aromatic rings. The first-order valence-electron chi connectivity index (χ1n) is 9.95. The van der Waals surface area contributed by atoms with E-state index in [2.05, 4.69) is 12.2 Å². The Kier molecular flexibility index (Phi) is 6.65. The Bertz CT molecular complexity index is 867. The Hall–Kier alpha value is -3.15. The Labute approximate surface area is 170 Å². The molecule has 0 aromatic heterocycles. The van der Waals surface area contributed by atoms with Crippen LogP contribution in [0.4, 0.5) is 5.69 Å². The molecular weight excluding hydrogens is 368 g/mol. The van der Waals surface area contributed by atoms with Gasteiger partial charge in [0.15, 0.2) is 0 Å². The molecule has 0 unspecified atom stereocenters. The number of hydrogen-bond donors (Lipinski definition) is 1. The van der Waals surface area contributed by atoms with Crippen LogP contribution < -0.4 is 5.32 Å². The van der Waals surface area contributed by atoms with Gasteiger partial charge in [0, 0.05) is 29.9 Å². The van der Waals surface area contributed by atoms with Gasteiger partial charge in [0.05, 0.1) is 12.2 Å². The average Bonchev–Trinajstić information content (AvgIpc) is 2.74. The van der Waals surface area contributed by atoms with E-state index in [1.165, 1.54) is 0 Å². The zero-order chi connectivity index (χ0) is 20.8. The van der Waals surface area contributed by atoms with E-state index in [1.54, 1.807) is 55.5 Å². The molecule has 0 bridgehead atoms. The Morgan fingerprint density at radius 3 is 2.07 bits per heavy atom. The molecule has 0 radical (unpaired) electrons. The number of rotatable bonds is 5. The topological polar surface area (TPSA) is 75.7 Å². The lowest BCUT2D eigenvalue weighted by Crippen LogP contribution is -2.37. The fraction of sp³-hybridized carbons (Fsp3) is 0.348. The molecule has 0 saturated carbocycles. The van der Waals surface area contributed by atoms with Crippen molar-refractivity contribution in [2.75, 3.05) is 25.0 Å². The molecule has 0 atom stereocenters. The lowest BCUT2D eigenvalue weighted by Gasteiger charge is -2.30. The van der Waals surface area contributed by atoms with Crippen LogP contribution in [0.3, 0.4) is 0 Å². The number of nitrogens with one attached hydrogen (secondary N) is 1. The number of esters is 1. The molecule has 1 aliphatic heterocycles. The van der Waals surface area contributed by atoms with E-state index in [-0.39, 0.29) is 11.8 Å². The number of benzene rings is 2. The smallest absolute Gasteiger partial charge is 0.338 e. The van der Waals surface area contributed by atoms with Gasteiger partial charge in [0.1, 0.15) is 0 Å². The Morgan fingerprint density at radius 1 is 0.931 bits per heavy atom. The van der Waals surface area contributed by atoms with Crippen LogP contribution in [0.25, 0.3) is 0 Å². The van der Waals surface area contributed by atoms with E-state index in [4.69, 9.17) is 4.74 Å². The zero-order valence-electron chi connectivity index (χ0n) is 16.8. The number of carbonyl (C=O) groups is 3. The van der Waals surface area contributed by atoms with Gasteiger partial charge in [-0.15, -0.1) is 0 Å². The maximum atomic E-state index is 12.6. The zero-order valence-corrected chi connectivity index (χ0v) is 16.8. The first kappa shape index (κ1) is 20.6. The van der Waals surface area contributed by atoms with Gasteiger partial charge < -0.3 is 15.0 Å². The molecule has 1 fully saturated rings. The minimum Gasteiger partial charge on any atom is -0.462 e. The van der Waals surface area contributed by atoms with E-state index in [9.17, 15) is 14.4 Å². The summed E-state index contributed by atoms with van der Waals surface area (Å²) in [5, 5.41) is 2.79. The van der Waals surface area contributed by atoms with Crippen LogP contribution in [0.15, 0.2) is 48.5 Å². The highest BCUT2D eigenvalue weighted by Crippen LogP contribution is 2.19. The molecule has 3 rings (SSSR count). The number of anilines is 1. The van der Waals surface area contributed by atoms with Crippen molar-refractivity contribution in [3.05, 3.63) is 65.2 Å². The third-order valence-corrected chi connectivity index (χ3v) is 5.12. The molecule has 1 N–H and O–H groups in total. The number of likely N-dealkylation sites (tertiary alicyclic amines) is 1. The Morgan fingerprint density at radius 2 is 1.48 bits per heavy atom. The molecule has 2 amide bonds. The fourth-order valence-corrected chi connectivity index (χ4v) is 3.27. The molecule has 6 nitrogen and oxygen atoms in total. The molecule has 1 heterocycles. The summed E-state index contributed by atoms with van der Waals surface area (Å²) in [6.07, 6.45) is 2.06. The van der Waals surface area contributed by atoms with Crippen LogP contribution in [0.2, 0.25) is 0 Å². The largest absolute Gasteiger partial charge is 0.462 e. The van der Waals surface area contributed by atoms with Gasteiger partial charge in [-0.25, -0.2) is 4.79 Å².